The molecule has 0 amide bonds. The van der Waals surface area contributed by atoms with Gasteiger partial charge in [0.05, 0.1) is 21.1 Å². The van der Waals surface area contributed by atoms with E-state index in [-0.39, 0.29) is 32.4 Å². The van der Waals surface area contributed by atoms with Crippen LogP contribution in [0.2, 0.25) is 10.0 Å². The van der Waals surface area contributed by atoms with Crippen LogP contribution < -0.4 is 26.7 Å². The molecule has 0 radical (unpaired) electrons. The quantitative estimate of drug-likeness (QED) is 0.295. The zero-order chi connectivity index (χ0) is 26.3. The molecular formula is C26H28Cl2N8O. The van der Waals surface area contributed by atoms with Crippen molar-refractivity contribution in [3.05, 3.63) is 74.7 Å². The number of aromatic nitrogens is 4. The summed E-state index contributed by atoms with van der Waals surface area (Å²) < 4.78 is 1.11. The van der Waals surface area contributed by atoms with Crippen LogP contribution in [-0.4, -0.2) is 44.2 Å². The molecule has 0 bridgehead atoms. The molecule has 1 aliphatic rings. The summed E-state index contributed by atoms with van der Waals surface area (Å²) in [5, 5.41) is 16.3. The van der Waals surface area contributed by atoms with E-state index in [9.17, 15) is 4.79 Å². The van der Waals surface area contributed by atoms with Crippen LogP contribution in [0.1, 0.15) is 27.2 Å². The summed E-state index contributed by atoms with van der Waals surface area (Å²) in [6, 6.07) is 13.5. The van der Waals surface area contributed by atoms with Gasteiger partial charge in [0, 0.05) is 42.2 Å². The van der Waals surface area contributed by atoms with Crippen molar-refractivity contribution < 1.29 is 0 Å². The van der Waals surface area contributed by atoms with Crippen LogP contribution in [0.25, 0.3) is 16.7 Å². The highest BCUT2D eigenvalue weighted by Crippen LogP contribution is 2.27. The van der Waals surface area contributed by atoms with Crippen LogP contribution in [0, 0.1) is 5.41 Å². The van der Waals surface area contributed by atoms with E-state index in [0.29, 0.717) is 17.4 Å². The molecular weight excluding hydrogens is 511 g/mol. The zero-order valence-corrected chi connectivity index (χ0v) is 22.3. The van der Waals surface area contributed by atoms with Gasteiger partial charge in [0.2, 0.25) is 5.95 Å². The lowest BCUT2D eigenvalue weighted by Gasteiger charge is -2.26. The fourth-order valence-electron chi connectivity index (χ4n) is 4.62. The predicted octanol–water partition coefficient (Wildman–Crippen LogP) is 4.61. The number of benzene rings is 2. The number of H-pyrrole nitrogens is 1. The van der Waals surface area contributed by atoms with Gasteiger partial charge in [-0.3, -0.25) is 10.4 Å². The molecule has 0 aliphatic carbocycles. The van der Waals surface area contributed by atoms with Crippen molar-refractivity contribution in [1.29, 1.82) is 5.41 Å². The third-order valence-corrected chi connectivity index (χ3v) is 6.78. The molecule has 1 fully saturated rings. The lowest BCUT2D eigenvalue weighted by atomic mass is 10.1. The second kappa shape index (κ2) is 9.81. The van der Waals surface area contributed by atoms with E-state index in [0.717, 1.165) is 35.5 Å². The van der Waals surface area contributed by atoms with Gasteiger partial charge in [-0.15, -0.1) is 0 Å². The monoisotopic (exact) mass is 538 g/mol. The fraction of sp³-hybridized carbons (Fsp3) is 0.308. The second-order valence-corrected chi connectivity index (χ2v) is 11.0. The molecule has 3 heterocycles. The van der Waals surface area contributed by atoms with E-state index in [2.05, 4.69) is 63.4 Å². The van der Waals surface area contributed by atoms with Gasteiger partial charge in [0.1, 0.15) is 5.49 Å². The molecule has 4 aromatic rings. The van der Waals surface area contributed by atoms with Crippen molar-refractivity contribution in [2.45, 2.75) is 38.8 Å². The molecule has 1 saturated heterocycles. The molecule has 0 saturated carbocycles. The van der Waals surface area contributed by atoms with Crippen LogP contribution in [0.15, 0.2) is 53.5 Å². The Morgan fingerprint density at radius 2 is 1.81 bits per heavy atom. The Morgan fingerprint density at radius 1 is 1.11 bits per heavy atom. The van der Waals surface area contributed by atoms with Crippen LogP contribution in [-0.2, 0) is 0 Å². The van der Waals surface area contributed by atoms with Gasteiger partial charge in [0.15, 0.2) is 5.65 Å². The maximum Gasteiger partial charge on any atom is 0.333 e. The number of para-hydroxylation sites is 1. The normalized spacial score (nSPS) is 15.9. The SMILES string of the molecule is CC(C)(C)NC1CCN(c2ccc(Nc3ncc4c(=N)n(-c5c(Cl)cccc5Cl)c(=O)[nH]c4n3)cc2)C1. The first-order valence-corrected chi connectivity index (χ1v) is 12.8. The Hall–Kier alpha value is -3.40. The molecule has 1 aliphatic heterocycles. The van der Waals surface area contributed by atoms with Gasteiger partial charge in [-0.2, -0.15) is 4.98 Å². The molecule has 2 aromatic carbocycles. The molecule has 4 N–H and O–H groups in total. The third kappa shape index (κ3) is 5.34. The van der Waals surface area contributed by atoms with Gasteiger partial charge in [-0.25, -0.2) is 14.3 Å². The van der Waals surface area contributed by atoms with E-state index in [1.807, 2.05) is 12.1 Å². The molecule has 11 heteroatoms. The van der Waals surface area contributed by atoms with E-state index in [1.54, 1.807) is 18.2 Å². The van der Waals surface area contributed by atoms with Crippen molar-refractivity contribution in [2.75, 3.05) is 23.3 Å². The number of aromatic amines is 1. The first kappa shape index (κ1) is 25.3. The third-order valence-electron chi connectivity index (χ3n) is 6.17. The predicted molar refractivity (Wildman–Crippen MR) is 149 cm³/mol. The summed E-state index contributed by atoms with van der Waals surface area (Å²) in [7, 11) is 0. The Kier molecular flexibility index (Phi) is 6.70. The first-order valence-electron chi connectivity index (χ1n) is 12.0. The number of rotatable bonds is 5. The minimum Gasteiger partial charge on any atom is -0.370 e. The number of anilines is 3. The number of nitrogens with zero attached hydrogens (tertiary/aromatic N) is 4. The van der Waals surface area contributed by atoms with Crippen molar-refractivity contribution in [3.8, 4) is 5.69 Å². The van der Waals surface area contributed by atoms with Gasteiger partial charge >= 0.3 is 5.69 Å². The van der Waals surface area contributed by atoms with Crippen molar-refractivity contribution >= 4 is 51.6 Å². The number of nitrogens with one attached hydrogen (secondary N) is 4. The largest absolute Gasteiger partial charge is 0.370 e. The average molecular weight is 539 g/mol. The summed E-state index contributed by atoms with van der Waals surface area (Å²) in [6.45, 7) is 8.56. The van der Waals surface area contributed by atoms with Crippen molar-refractivity contribution in [3.63, 3.8) is 0 Å². The summed E-state index contributed by atoms with van der Waals surface area (Å²) in [5.41, 5.74) is 1.85. The molecule has 37 heavy (non-hydrogen) atoms. The second-order valence-electron chi connectivity index (χ2n) is 10.1. The standard InChI is InChI=1S/C26H28Cl2N8O/c1-26(2,3)34-16-11-12-35(14-16)17-9-7-15(8-10-17)31-24-30-13-18-22(29)36(25(37)33-23(18)32-24)21-19(27)5-4-6-20(21)28/h4-10,13,16,29,34H,11-12,14H2,1-3H3,(H2,30,31,32,33,37). The summed E-state index contributed by atoms with van der Waals surface area (Å²) in [6.07, 6.45) is 2.60. The number of halogens is 2. The topological polar surface area (TPSA) is 115 Å². The highest BCUT2D eigenvalue weighted by atomic mass is 35.5. The molecule has 1 unspecified atom stereocenters. The van der Waals surface area contributed by atoms with Gasteiger partial charge in [-0.1, -0.05) is 29.3 Å². The van der Waals surface area contributed by atoms with E-state index in [1.165, 1.54) is 6.20 Å². The Labute approximate surface area is 224 Å². The highest BCUT2D eigenvalue weighted by Gasteiger charge is 2.26. The first-order chi connectivity index (χ1) is 17.6. The average Bonchev–Trinajstić information content (AvgIpc) is 3.28. The Balaban J connectivity index is 1.36. The summed E-state index contributed by atoms with van der Waals surface area (Å²) in [5.74, 6) is 0.305. The highest BCUT2D eigenvalue weighted by molar-refractivity contribution is 6.37. The lowest BCUT2D eigenvalue weighted by Crippen LogP contribution is -2.44. The fourth-order valence-corrected chi connectivity index (χ4v) is 5.18. The van der Waals surface area contributed by atoms with Gasteiger partial charge in [-0.05, 0) is 63.6 Å². The minimum absolute atomic E-state index is 0.0984. The minimum atomic E-state index is -0.577. The van der Waals surface area contributed by atoms with Crippen molar-refractivity contribution in [1.82, 2.24) is 24.8 Å². The molecule has 5 rings (SSSR count). The molecule has 192 valence electrons. The molecule has 0 spiro atoms. The molecule has 9 nitrogen and oxygen atoms in total. The Morgan fingerprint density at radius 3 is 2.49 bits per heavy atom. The number of hydrogen-bond donors (Lipinski definition) is 4. The number of fused-ring (bicyclic) bond motifs is 1. The van der Waals surface area contributed by atoms with Gasteiger partial charge in [0.25, 0.3) is 0 Å². The van der Waals surface area contributed by atoms with Crippen LogP contribution in [0.3, 0.4) is 0 Å². The zero-order valence-electron chi connectivity index (χ0n) is 20.8. The smallest absolute Gasteiger partial charge is 0.333 e. The number of hydrogen-bond acceptors (Lipinski definition) is 7. The van der Waals surface area contributed by atoms with E-state index < -0.39 is 5.69 Å². The van der Waals surface area contributed by atoms with E-state index >= 15 is 0 Å². The lowest BCUT2D eigenvalue weighted by molar-refractivity contribution is 0.373. The maximum absolute atomic E-state index is 12.9. The summed E-state index contributed by atoms with van der Waals surface area (Å²) >= 11 is 12.5. The van der Waals surface area contributed by atoms with Crippen LogP contribution >= 0.6 is 23.2 Å². The van der Waals surface area contributed by atoms with Crippen LogP contribution in [0.5, 0.6) is 0 Å². The van der Waals surface area contributed by atoms with Crippen LogP contribution in [0.4, 0.5) is 17.3 Å². The van der Waals surface area contributed by atoms with Crippen molar-refractivity contribution in [2.24, 2.45) is 0 Å². The maximum atomic E-state index is 12.9. The van der Waals surface area contributed by atoms with Gasteiger partial charge < -0.3 is 15.5 Å². The molecule has 1 atom stereocenters. The Bertz CT molecular complexity index is 1550. The molecule has 2 aromatic heterocycles. The summed E-state index contributed by atoms with van der Waals surface area (Å²) in [4.78, 5) is 26.7. The van der Waals surface area contributed by atoms with E-state index in [4.69, 9.17) is 28.6 Å².